The lowest BCUT2D eigenvalue weighted by Gasteiger charge is -2.43. The zero-order valence-electron chi connectivity index (χ0n) is 28.5. The van der Waals surface area contributed by atoms with Crippen LogP contribution in [0, 0.1) is 6.92 Å². The van der Waals surface area contributed by atoms with E-state index in [0.717, 1.165) is 11.1 Å². The van der Waals surface area contributed by atoms with Crippen LogP contribution >= 0.6 is 0 Å². The van der Waals surface area contributed by atoms with Gasteiger partial charge in [0.2, 0.25) is 5.91 Å². The van der Waals surface area contributed by atoms with Gasteiger partial charge in [0.15, 0.2) is 6.04 Å². The zero-order valence-corrected chi connectivity index (χ0v) is 29.5. The third kappa shape index (κ3) is 8.12. The molecule has 0 saturated carbocycles. The first-order valence-corrected chi connectivity index (χ1v) is 17.9. The van der Waals surface area contributed by atoms with Gasteiger partial charge in [-0.25, -0.2) is 4.79 Å². The Balaban J connectivity index is 1.71. The fourth-order valence-electron chi connectivity index (χ4n) is 6.36. The lowest BCUT2D eigenvalue weighted by molar-refractivity contribution is -0.145. The lowest BCUT2D eigenvalue weighted by Crippen LogP contribution is -2.66. The fraction of sp³-hybridized carbons (Fsp3) is 0.333. The molecule has 248 valence electrons. The van der Waals surface area contributed by atoms with E-state index in [2.05, 4.69) is 74.6 Å². The van der Waals surface area contributed by atoms with Crippen LogP contribution in [-0.4, -0.2) is 48.1 Å². The monoisotopic (exact) mass is 653 g/mol. The molecule has 1 N–H and O–H groups in total. The minimum absolute atomic E-state index is 0.0903. The molecule has 0 aliphatic carbocycles. The van der Waals surface area contributed by atoms with E-state index in [9.17, 15) is 9.59 Å². The van der Waals surface area contributed by atoms with Gasteiger partial charge in [-0.05, 0) is 57.9 Å². The van der Waals surface area contributed by atoms with Crippen LogP contribution in [0.1, 0.15) is 62.3 Å². The number of hydrogen-bond acceptors (Lipinski definition) is 6. The van der Waals surface area contributed by atoms with Gasteiger partial charge in [0.25, 0.3) is 8.32 Å². The minimum Gasteiger partial charge on any atom is -0.496 e. The van der Waals surface area contributed by atoms with E-state index in [1.807, 2.05) is 49.4 Å². The summed E-state index contributed by atoms with van der Waals surface area (Å²) in [5.41, 5.74) is 2.41. The second-order valence-electron chi connectivity index (χ2n) is 12.7. The number of carbonyl (C=O) groups is 2. The molecular formula is C39H47NO6Si. The van der Waals surface area contributed by atoms with Gasteiger partial charge in [-0.2, -0.15) is 0 Å². The van der Waals surface area contributed by atoms with E-state index in [1.54, 1.807) is 26.4 Å². The SMILES string of the molecule is COC(=O)[C@H](NC(=O)C[C@H](CCO[Si](c1ccccc1)(c1ccccc1)C(C)(C)C)c1cc(OC)c(C)cc1OC)c1ccccc1. The summed E-state index contributed by atoms with van der Waals surface area (Å²) < 4.78 is 23.8. The molecule has 4 rings (SSSR count). The van der Waals surface area contributed by atoms with E-state index in [1.165, 1.54) is 17.5 Å². The molecule has 0 heterocycles. The van der Waals surface area contributed by atoms with Crippen molar-refractivity contribution in [2.24, 2.45) is 0 Å². The normalized spacial score (nSPS) is 12.9. The van der Waals surface area contributed by atoms with Gasteiger partial charge in [0, 0.05) is 18.6 Å². The topological polar surface area (TPSA) is 83.1 Å². The van der Waals surface area contributed by atoms with Crippen molar-refractivity contribution in [1.29, 1.82) is 0 Å². The maximum Gasteiger partial charge on any atom is 0.333 e. The molecule has 1 amide bonds. The maximum absolute atomic E-state index is 13.8. The first-order chi connectivity index (χ1) is 22.5. The highest BCUT2D eigenvalue weighted by Crippen LogP contribution is 2.40. The Hall–Kier alpha value is -4.40. The standard InChI is InChI=1S/C39H47NO6Si/c1-28-25-35(44-6)33(27-34(28)43-5)30(26-36(41)40-37(38(42)45-7)29-17-11-8-12-18-29)23-24-46-47(39(2,3)4,31-19-13-9-14-20-31)32-21-15-10-16-22-32/h8-22,25,27,30,37H,23-24,26H2,1-7H3,(H,40,41)/t30-,37+/m0/s1. The fourth-order valence-corrected chi connectivity index (χ4v) is 10.9. The predicted octanol–water partition coefficient (Wildman–Crippen LogP) is 6.48. The third-order valence-corrected chi connectivity index (χ3v) is 13.7. The van der Waals surface area contributed by atoms with Gasteiger partial charge in [-0.1, -0.05) is 112 Å². The first-order valence-electron chi connectivity index (χ1n) is 15.9. The Morgan fingerprint density at radius 1 is 0.766 bits per heavy atom. The molecule has 0 saturated heterocycles. The molecular weight excluding hydrogens is 607 g/mol. The Bertz CT molecular complexity index is 1570. The van der Waals surface area contributed by atoms with E-state index >= 15 is 0 Å². The largest absolute Gasteiger partial charge is 0.496 e. The van der Waals surface area contributed by atoms with Crippen LogP contribution in [0.3, 0.4) is 0 Å². The molecule has 0 aromatic heterocycles. The molecule has 0 spiro atoms. The van der Waals surface area contributed by atoms with Crippen molar-refractivity contribution in [2.45, 2.75) is 57.5 Å². The predicted molar refractivity (Wildman–Crippen MR) is 189 cm³/mol. The molecule has 8 heteroatoms. The van der Waals surface area contributed by atoms with Crippen molar-refractivity contribution in [3.8, 4) is 11.5 Å². The van der Waals surface area contributed by atoms with Crippen molar-refractivity contribution >= 4 is 30.6 Å². The quantitative estimate of drug-likeness (QED) is 0.124. The van der Waals surface area contributed by atoms with Gasteiger partial charge in [-0.3, -0.25) is 4.79 Å². The number of benzene rings is 4. The van der Waals surface area contributed by atoms with Crippen molar-refractivity contribution < 1.29 is 28.2 Å². The molecule has 0 radical (unpaired) electrons. The molecule has 0 bridgehead atoms. The molecule has 4 aromatic rings. The second kappa shape index (κ2) is 15.9. The average Bonchev–Trinajstić information content (AvgIpc) is 3.08. The molecule has 47 heavy (non-hydrogen) atoms. The molecule has 7 nitrogen and oxygen atoms in total. The van der Waals surface area contributed by atoms with Crippen LogP contribution in [-0.2, 0) is 18.8 Å². The molecule has 0 unspecified atom stereocenters. The maximum atomic E-state index is 13.8. The summed E-state index contributed by atoms with van der Waals surface area (Å²) in [4.78, 5) is 26.6. The Labute approximate surface area is 280 Å². The summed E-state index contributed by atoms with van der Waals surface area (Å²) in [5.74, 6) is 0.230. The highest BCUT2D eigenvalue weighted by atomic mass is 28.4. The number of amides is 1. The zero-order chi connectivity index (χ0) is 34.0. The van der Waals surface area contributed by atoms with E-state index < -0.39 is 20.3 Å². The van der Waals surface area contributed by atoms with Gasteiger partial charge in [-0.15, -0.1) is 0 Å². The lowest BCUT2D eigenvalue weighted by atomic mass is 9.90. The van der Waals surface area contributed by atoms with Crippen LogP contribution < -0.4 is 25.2 Å². The van der Waals surface area contributed by atoms with Gasteiger partial charge in [0.1, 0.15) is 11.5 Å². The minimum atomic E-state index is -2.81. The Morgan fingerprint density at radius 3 is 1.79 bits per heavy atom. The van der Waals surface area contributed by atoms with Crippen molar-refractivity contribution in [2.75, 3.05) is 27.9 Å². The van der Waals surface area contributed by atoms with Crippen molar-refractivity contribution in [3.05, 3.63) is 120 Å². The van der Waals surface area contributed by atoms with Gasteiger partial charge in [0.05, 0.1) is 21.3 Å². The molecule has 2 atom stereocenters. The summed E-state index contributed by atoms with van der Waals surface area (Å²) in [6, 6.07) is 33.0. The first kappa shape index (κ1) is 35.5. The van der Waals surface area contributed by atoms with Gasteiger partial charge < -0.3 is 24.0 Å². The van der Waals surface area contributed by atoms with Crippen LogP contribution in [0.5, 0.6) is 11.5 Å². The average molecular weight is 654 g/mol. The number of ether oxygens (including phenoxy) is 3. The molecule has 0 aliphatic heterocycles. The highest BCUT2D eigenvalue weighted by Gasteiger charge is 2.50. The number of hydrogen-bond donors (Lipinski definition) is 1. The number of aryl methyl sites for hydroxylation is 1. The van der Waals surface area contributed by atoms with E-state index in [0.29, 0.717) is 30.1 Å². The van der Waals surface area contributed by atoms with E-state index in [4.69, 9.17) is 18.6 Å². The summed E-state index contributed by atoms with van der Waals surface area (Å²) in [7, 11) is 1.77. The van der Waals surface area contributed by atoms with Crippen LogP contribution in [0.4, 0.5) is 0 Å². The molecule has 0 aliphatic rings. The smallest absolute Gasteiger partial charge is 0.333 e. The van der Waals surface area contributed by atoms with Crippen LogP contribution in [0.15, 0.2) is 103 Å². The summed E-state index contributed by atoms with van der Waals surface area (Å²) >= 11 is 0. The van der Waals surface area contributed by atoms with Crippen LogP contribution in [0.2, 0.25) is 5.04 Å². The third-order valence-electron chi connectivity index (χ3n) is 8.70. The molecule has 0 fully saturated rings. The summed E-state index contributed by atoms with van der Waals surface area (Å²) in [6.45, 7) is 9.08. The van der Waals surface area contributed by atoms with Crippen molar-refractivity contribution in [3.63, 3.8) is 0 Å². The summed E-state index contributed by atoms with van der Waals surface area (Å²) in [5, 5.41) is 5.10. The molecule has 4 aromatic carbocycles. The number of esters is 1. The Morgan fingerprint density at radius 2 is 1.30 bits per heavy atom. The Kier molecular flexibility index (Phi) is 12.0. The van der Waals surface area contributed by atoms with Crippen molar-refractivity contribution in [1.82, 2.24) is 5.32 Å². The number of nitrogens with one attached hydrogen (secondary N) is 1. The number of carbonyl (C=O) groups excluding carboxylic acids is 2. The highest BCUT2D eigenvalue weighted by molar-refractivity contribution is 6.99. The van der Waals surface area contributed by atoms with Gasteiger partial charge >= 0.3 is 5.97 Å². The van der Waals surface area contributed by atoms with Crippen LogP contribution in [0.25, 0.3) is 0 Å². The summed E-state index contributed by atoms with van der Waals surface area (Å²) in [6.07, 6.45) is 0.613. The second-order valence-corrected chi connectivity index (χ2v) is 17.0. The van der Waals surface area contributed by atoms with E-state index in [-0.39, 0.29) is 23.3 Å². The number of rotatable bonds is 14. The number of methoxy groups -OCH3 is 3.